The van der Waals surface area contributed by atoms with Gasteiger partial charge in [-0.3, -0.25) is 4.90 Å². The van der Waals surface area contributed by atoms with E-state index in [9.17, 15) is 5.11 Å². The van der Waals surface area contributed by atoms with Crippen molar-refractivity contribution in [2.45, 2.75) is 18.9 Å². The Kier molecular flexibility index (Phi) is 5.82. The average Bonchev–Trinajstić information content (AvgIpc) is 2.64. The number of hydrogen-bond donors (Lipinski definition) is 1. The summed E-state index contributed by atoms with van der Waals surface area (Å²) < 4.78 is 17.3. The Balaban J connectivity index is 1.99. The van der Waals surface area contributed by atoms with Crippen LogP contribution in [0.4, 0.5) is 0 Å². The van der Waals surface area contributed by atoms with Gasteiger partial charge in [-0.1, -0.05) is 0 Å². The molecule has 0 aliphatic carbocycles. The standard InChI is InChI=1S/C20H24INO4/c1-22-6-5-12-8-18(24-2)17(23)10-14(12)16(22)7-13-9-19(25-3)20(26-4)11-15(13)21/h8-11,16,23H,5-7H2,1-4H3/t16-/m1/s1/i21-4. The number of methoxy groups -OCH3 is 3. The van der Waals surface area contributed by atoms with E-state index in [4.69, 9.17) is 14.2 Å². The quantitative estimate of drug-likeness (QED) is 0.682. The monoisotopic (exact) mass is 465 g/mol. The second-order valence-corrected chi connectivity index (χ2v) is 7.63. The molecule has 1 N–H and O–H groups in total. The molecule has 3 rings (SSSR count). The fraction of sp³-hybridized carbons (Fsp3) is 0.400. The molecule has 0 radical (unpaired) electrons. The van der Waals surface area contributed by atoms with Crippen LogP contribution in [0.2, 0.25) is 0 Å². The summed E-state index contributed by atoms with van der Waals surface area (Å²) in [6.45, 7) is 0.968. The average molecular weight is 465 g/mol. The molecular formula is C20H24INO4. The normalized spacial score (nSPS) is 16.9. The van der Waals surface area contributed by atoms with Crippen LogP contribution in [-0.4, -0.2) is 44.9 Å². The molecule has 1 heterocycles. The van der Waals surface area contributed by atoms with Gasteiger partial charge in [-0.2, -0.15) is 0 Å². The van der Waals surface area contributed by atoms with Crippen molar-refractivity contribution in [3.8, 4) is 23.0 Å². The van der Waals surface area contributed by atoms with Crippen LogP contribution >= 0.6 is 22.6 Å². The number of hydrogen-bond acceptors (Lipinski definition) is 5. The van der Waals surface area contributed by atoms with Crippen molar-refractivity contribution >= 4 is 22.6 Å². The van der Waals surface area contributed by atoms with E-state index in [0.717, 1.165) is 40.0 Å². The van der Waals surface area contributed by atoms with Crippen LogP contribution in [0.25, 0.3) is 0 Å². The van der Waals surface area contributed by atoms with Gasteiger partial charge in [0.15, 0.2) is 23.0 Å². The van der Waals surface area contributed by atoms with Gasteiger partial charge in [0.2, 0.25) is 0 Å². The summed E-state index contributed by atoms with van der Waals surface area (Å²) in [4.78, 5) is 2.33. The first-order valence-electron chi connectivity index (χ1n) is 8.48. The van der Waals surface area contributed by atoms with Gasteiger partial charge in [0, 0.05) is 16.2 Å². The number of fused-ring (bicyclic) bond motifs is 1. The highest BCUT2D eigenvalue weighted by Gasteiger charge is 2.27. The minimum atomic E-state index is 0.183. The van der Waals surface area contributed by atoms with Crippen LogP contribution in [0.5, 0.6) is 23.0 Å². The second-order valence-electron chi connectivity index (χ2n) is 6.47. The molecule has 1 aliphatic heterocycles. The Morgan fingerprint density at radius 2 is 1.69 bits per heavy atom. The van der Waals surface area contributed by atoms with E-state index in [1.165, 1.54) is 11.1 Å². The number of aromatic hydroxyl groups is 1. The maximum absolute atomic E-state index is 10.3. The molecule has 0 saturated carbocycles. The van der Waals surface area contributed by atoms with Crippen molar-refractivity contribution in [1.29, 1.82) is 0 Å². The summed E-state index contributed by atoms with van der Waals surface area (Å²) in [6.07, 6.45) is 1.77. The Hall–Kier alpha value is -1.67. The largest absolute Gasteiger partial charge is 0.504 e. The number of halogens is 1. The Morgan fingerprint density at radius 3 is 2.35 bits per heavy atom. The SMILES string of the molecule is COc1cc2c(cc1O)[C@@H](Cc1cc(OC)c(OC)cc1[123I])N(C)CC2. The van der Waals surface area contributed by atoms with Gasteiger partial charge in [0.05, 0.1) is 21.3 Å². The van der Waals surface area contributed by atoms with Gasteiger partial charge < -0.3 is 19.3 Å². The molecule has 6 heteroatoms. The fourth-order valence-corrected chi connectivity index (χ4v) is 4.19. The number of ether oxygens (including phenoxy) is 3. The Morgan fingerprint density at radius 1 is 1.04 bits per heavy atom. The van der Waals surface area contributed by atoms with Gasteiger partial charge in [0.25, 0.3) is 0 Å². The maximum Gasteiger partial charge on any atom is 0.161 e. The van der Waals surface area contributed by atoms with E-state index in [0.29, 0.717) is 5.75 Å². The predicted molar refractivity (Wildman–Crippen MR) is 110 cm³/mol. The van der Waals surface area contributed by atoms with Crippen molar-refractivity contribution in [3.05, 3.63) is 44.5 Å². The zero-order chi connectivity index (χ0) is 18.8. The van der Waals surface area contributed by atoms with E-state index in [2.05, 4.69) is 34.5 Å². The van der Waals surface area contributed by atoms with E-state index >= 15 is 0 Å². The highest BCUT2D eigenvalue weighted by atomic mass is 123. The molecular weight excluding hydrogens is 441 g/mol. The topological polar surface area (TPSA) is 51.2 Å². The first kappa shape index (κ1) is 19.1. The number of nitrogens with zero attached hydrogens (tertiary/aromatic N) is 1. The molecule has 1 atom stereocenters. The highest BCUT2D eigenvalue weighted by molar-refractivity contribution is 14.1. The molecule has 26 heavy (non-hydrogen) atoms. The lowest BCUT2D eigenvalue weighted by Gasteiger charge is -2.35. The lowest BCUT2D eigenvalue weighted by atomic mass is 9.88. The summed E-state index contributed by atoms with van der Waals surface area (Å²) in [5.74, 6) is 2.20. The van der Waals surface area contributed by atoms with Gasteiger partial charge in [0.1, 0.15) is 0 Å². The van der Waals surface area contributed by atoms with Gasteiger partial charge in [-0.15, -0.1) is 0 Å². The molecule has 1 aliphatic rings. The summed E-state index contributed by atoms with van der Waals surface area (Å²) in [5.41, 5.74) is 3.59. The zero-order valence-corrected chi connectivity index (χ0v) is 17.7. The molecule has 2 aromatic carbocycles. The van der Waals surface area contributed by atoms with E-state index < -0.39 is 0 Å². The highest BCUT2D eigenvalue weighted by Crippen LogP contribution is 2.40. The van der Waals surface area contributed by atoms with Crippen molar-refractivity contribution in [2.24, 2.45) is 0 Å². The molecule has 140 valence electrons. The van der Waals surface area contributed by atoms with Crippen molar-refractivity contribution < 1.29 is 19.3 Å². The number of likely N-dealkylation sites (N-methyl/N-ethyl adjacent to an activating group) is 1. The first-order chi connectivity index (χ1) is 12.5. The molecule has 0 saturated heterocycles. The lowest BCUT2D eigenvalue weighted by molar-refractivity contribution is 0.227. The predicted octanol–water partition coefficient (Wildman–Crippen LogP) is 3.79. The van der Waals surface area contributed by atoms with Crippen LogP contribution in [0.3, 0.4) is 0 Å². The van der Waals surface area contributed by atoms with Gasteiger partial charge in [-0.25, -0.2) is 0 Å². The van der Waals surface area contributed by atoms with Gasteiger partial charge >= 0.3 is 0 Å². The minimum absolute atomic E-state index is 0.183. The Bertz CT molecular complexity index is 809. The molecule has 5 nitrogen and oxygen atoms in total. The smallest absolute Gasteiger partial charge is 0.161 e. The van der Waals surface area contributed by atoms with Crippen molar-refractivity contribution in [3.63, 3.8) is 0 Å². The zero-order valence-electron chi connectivity index (χ0n) is 15.5. The molecule has 0 spiro atoms. The third kappa shape index (κ3) is 3.57. The number of benzene rings is 2. The molecule has 0 bridgehead atoms. The minimum Gasteiger partial charge on any atom is -0.504 e. The second kappa shape index (κ2) is 7.92. The van der Waals surface area contributed by atoms with Crippen LogP contribution in [0, 0.1) is 3.57 Å². The first-order valence-corrected chi connectivity index (χ1v) is 9.56. The maximum atomic E-state index is 10.3. The summed E-state index contributed by atoms with van der Waals surface area (Å²) >= 11 is 2.34. The van der Waals surface area contributed by atoms with E-state index in [1.54, 1.807) is 21.3 Å². The van der Waals surface area contributed by atoms with Crippen LogP contribution in [0.15, 0.2) is 24.3 Å². The van der Waals surface area contributed by atoms with Crippen LogP contribution in [-0.2, 0) is 12.8 Å². The van der Waals surface area contributed by atoms with E-state index in [-0.39, 0.29) is 11.8 Å². The number of rotatable bonds is 5. The summed E-state index contributed by atoms with van der Waals surface area (Å²) in [6, 6.07) is 8.05. The van der Waals surface area contributed by atoms with Crippen molar-refractivity contribution in [1.82, 2.24) is 4.90 Å². The van der Waals surface area contributed by atoms with Crippen LogP contribution < -0.4 is 14.2 Å². The number of phenolic OH excluding ortho intramolecular Hbond substituents is 1. The lowest BCUT2D eigenvalue weighted by Crippen LogP contribution is -2.33. The molecule has 0 fully saturated rings. The van der Waals surface area contributed by atoms with Crippen molar-refractivity contribution in [2.75, 3.05) is 34.9 Å². The third-order valence-corrected chi connectivity index (χ3v) is 6.04. The molecule has 0 unspecified atom stereocenters. The van der Waals surface area contributed by atoms with Crippen LogP contribution in [0.1, 0.15) is 22.7 Å². The fourth-order valence-electron chi connectivity index (χ4n) is 3.53. The molecule has 2 aromatic rings. The summed E-state index contributed by atoms with van der Waals surface area (Å²) in [5, 5.41) is 10.3. The van der Waals surface area contributed by atoms with E-state index in [1.807, 2.05) is 24.3 Å². The molecule has 0 amide bonds. The third-order valence-electron chi connectivity index (χ3n) is 5.03. The Labute approximate surface area is 168 Å². The van der Waals surface area contributed by atoms with Gasteiger partial charge in [-0.05, 0) is 83.4 Å². The summed E-state index contributed by atoms with van der Waals surface area (Å²) in [7, 11) is 7.01. The number of phenols is 1. The molecule has 0 aromatic heterocycles.